The Balaban J connectivity index is 1.35. The van der Waals surface area contributed by atoms with E-state index in [2.05, 4.69) is 0 Å². The van der Waals surface area contributed by atoms with E-state index in [1.807, 2.05) is 49.6 Å². The van der Waals surface area contributed by atoms with Gasteiger partial charge in [0.15, 0.2) is 23.0 Å². The average molecular weight is 495 g/mol. The fraction of sp³-hybridized carbons (Fsp3) is 0.308. The maximum absolute atomic E-state index is 13.6. The van der Waals surface area contributed by atoms with Crippen molar-refractivity contribution in [3.8, 4) is 23.0 Å². The lowest BCUT2D eigenvalue weighted by Gasteiger charge is -2.30. The minimum Gasteiger partial charge on any atom is -0.454 e. The first-order valence-electron chi connectivity index (χ1n) is 11.4. The van der Waals surface area contributed by atoms with Crippen molar-refractivity contribution in [2.75, 3.05) is 20.1 Å². The van der Waals surface area contributed by atoms with Crippen LogP contribution in [0.4, 0.5) is 0 Å². The molecule has 0 aliphatic carbocycles. The largest absolute Gasteiger partial charge is 0.454 e. The summed E-state index contributed by atoms with van der Waals surface area (Å²) in [7, 11) is 0. The summed E-state index contributed by atoms with van der Waals surface area (Å²) in [6.45, 7) is 4.94. The lowest BCUT2D eigenvalue weighted by molar-refractivity contribution is -0.133. The predicted molar refractivity (Wildman–Crippen MR) is 130 cm³/mol. The molecule has 8 nitrogen and oxygen atoms in total. The van der Waals surface area contributed by atoms with Gasteiger partial charge in [0.25, 0.3) is 5.91 Å². The molecule has 0 unspecified atom stereocenters. The quantitative estimate of drug-likeness (QED) is 0.465. The first kappa shape index (κ1) is 23.0. The third kappa shape index (κ3) is 5.05. The van der Waals surface area contributed by atoms with E-state index in [4.69, 9.17) is 18.9 Å². The van der Waals surface area contributed by atoms with Crippen LogP contribution in [0.25, 0.3) is 0 Å². The molecule has 2 amide bonds. The molecule has 182 valence electrons. The van der Waals surface area contributed by atoms with E-state index in [-0.39, 0.29) is 38.0 Å². The summed E-state index contributed by atoms with van der Waals surface area (Å²) in [4.78, 5) is 31.4. The number of nitrogens with zero attached hydrogens (tertiary/aromatic N) is 2. The number of thiophene rings is 1. The molecule has 0 atom stereocenters. The zero-order chi connectivity index (χ0) is 24.4. The van der Waals surface area contributed by atoms with Crippen molar-refractivity contribution >= 4 is 23.2 Å². The summed E-state index contributed by atoms with van der Waals surface area (Å²) < 4.78 is 21.7. The molecule has 2 aromatic carbocycles. The lowest BCUT2D eigenvalue weighted by atomic mass is 10.1. The Morgan fingerprint density at radius 2 is 1.57 bits per heavy atom. The Labute approximate surface area is 207 Å². The van der Waals surface area contributed by atoms with E-state index in [9.17, 15) is 9.59 Å². The highest BCUT2D eigenvalue weighted by molar-refractivity contribution is 7.09. The molecule has 0 bridgehead atoms. The summed E-state index contributed by atoms with van der Waals surface area (Å²) in [5.41, 5.74) is 1.38. The van der Waals surface area contributed by atoms with Gasteiger partial charge in [-0.25, -0.2) is 0 Å². The van der Waals surface area contributed by atoms with Gasteiger partial charge in [-0.1, -0.05) is 12.1 Å². The number of hydrogen-bond donors (Lipinski definition) is 0. The van der Waals surface area contributed by atoms with Crippen molar-refractivity contribution in [3.63, 3.8) is 0 Å². The van der Waals surface area contributed by atoms with Crippen molar-refractivity contribution < 1.29 is 28.5 Å². The van der Waals surface area contributed by atoms with Crippen LogP contribution < -0.4 is 18.9 Å². The number of amides is 2. The van der Waals surface area contributed by atoms with Gasteiger partial charge in [-0.15, -0.1) is 11.3 Å². The lowest BCUT2D eigenvalue weighted by Crippen LogP contribution is -2.45. The third-order valence-electron chi connectivity index (χ3n) is 5.90. The van der Waals surface area contributed by atoms with E-state index in [0.717, 1.165) is 10.4 Å². The number of rotatable bonds is 8. The molecule has 0 fully saturated rings. The van der Waals surface area contributed by atoms with Gasteiger partial charge in [0.2, 0.25) is 19.5 Å². The van der Waals surface area contributed by atoms with Gasteiger partial charge in [-0.05, 0) is 61.2 Å². The fourth-order valence-corrected chi connectivity index (χ4v) is 4.73. The molecular weight excluding hydrogens is 468 g/mol. The van der Waals surface area contributed by atoms with E-state index in [1.165, 1.54) is 0 Å². The second-order valence-corrected chi connectivity index (χ2v) is 9.64. The van der Waals surface area contributed by atoms with Crippen LogP contribution in [-0.4, -0.2) is 47.8 Å². The zero-order valence-corrected chi connectivity index (χ0v) is 20.4. The summed E-state index contributed by atoms with van der Waals surface area (Å²) in [5.74, 6) is 2.15. The molecule has 3 heterocycles. The van der Waals surface area contributed by atoms with Gasteiger partial charge >= 0.3 is 0 Å². The molecular formula is C26H26N2O6S. The molecule has 0 N–H and O–H groups in total. The molecule has 3 aromatic rings. The van der Waals surface area contributed by atoms with Gasteiger partial charge in [-0.2, -0.15) is 0 Å². The molecule has 0 radical (unpaired) electrons. The Hall–Kier alpha value is -3.72. The SMILES string of the molecule is CC(C)N(CC(=O)N(Cc1ccc2c(c1)OCO2)Cc1cccs1)C(=O)c1ccc2c(c1)OCO2. The Morgan fingerprint density at radius 3 is 2.26 bits per heavy atom. The second kappa shape index (κ2) is 9.87. The van der Waals surface area contributed by atoms with Crippen molar-refractivity contribution in [2.45, 2.75) is 33.0 Å². The molecule has 35 heavy (non-hydrogen) atoms. The van der Waals surface area contributed by atoms with Crippen LogP contribution in [0, 0.1) is 0 Å². The summed E-state index contributed by atoms with van der Waals surface area (Å²) in [5, 5.41) is 1.99. The molecule has 2 aliphatic heterocycles. The van der Waals surface area contributed by atoms with Crippen molar-refractivity contribution in [3.05, 3.63) is 69.9 Å². The van der Waals surface area contributed by atoms with Crippen molar-refractivity contribution in [1.82, 2.24) is 9.80 Å². The summed E-state index contributed by atoms with van der Waals surface area (Å²) in [6.07, 6.45) is 0. The number of carbonyl (C=O) groups is 2. The normalized spacial score (nSPS) is 13.2. The highest BCUT2D eigenvalue weighted by Crippen LogP contribution is 2.34. The highest BCUT2D eigenvalue weighted by atomic mass is 32.1. The van der Waals surface area contributed by atoms with Gasteiger partial charge < -0.3 is 28.7 Å². The summed E-state index contributed by atoms with van der Waals surface area (Å²) >= 11 is 1.59. The van der Waals surface area contributed by atoms with Gasteiger partial charge in [0.1, 0.15) is 6.54 Å². The molecule has 0 saturated heterocycles. The molecule has 9 heteroatoms. The van der Waals surface area contributed by atoms with Crippen LogP contribution in [0.1, 0.15) is 34.6 Å². The van der Waals surface area contributed by atoms with E-state index < -0.39 is 0 Å². The van der Waals surface area contributed by atoms with Crippen LogP contribution in [-0.2, 0) is 17.9 Å². The summed E-state index contributed by atoms with van der Waals surface area (Å²) in [6, 6.07) is 14.6. The first-order chi connectivity index (χ1) is 17.0. The predicted octanol–water partition coefficient (Wildman–Crippen LogP) is 4.29. The van der Waals surface area contributed by atoms with Crippen molar-refractivity contribution in [1.29, 1.82) is 0 Å². The number of ether oxygens (including phenoxy) is 4. The molecule has 0 spiro atoms. The number of carbonyl (C=O) groups excluding carboxylic acids is 2. The van der Waals surface area contributed by atoms with E-state index >= 15 is 0 Å². The fourth-order valence-electron chi connectivity index (χ4n) is 4.01. The number of fused-ring (bicyclic) bond motifs is 2. The first-order valence-corrected chi connectivity index (χ1v) is 12.2. The minimum absolute atomic E-state index is 0.0408. The molecule has 1 aromatic heterocycles. The monoisotopic (exact) mass is 494 g/mol. The van der Waals surface area contributed by atoms with Gasteiger partial charge in [-0.3, -0.25) is 9.59 Å². The third-order valence-corrected chi connectivity index (χ3v) is 6.76. The second-order valence-electron chi connectivity index (χ2n) is 8.61. The molecule has 0 saturated carbocycles. The Morgan fingerprint density at radius 1 is 0.886 bits per heavy atom. The number of hydrogen-bond acceptors (Lipinski definition) is 7. The van der Waals surface area contributed by atoms with Crippen LogP contribution in [0.3, 0.4) is 0 Å². The van der Waals surface area contributed by atoms with Gasteiger partial charge in [0.05, 0.1) is 6.54 Å². The van der Waals surface area contributed by atoms with Crippen LogP contribution >= 0.6 is 11.3 Å². The maximum atomic E-state index is 13.6. The van der Waals surface area contributed by atoms with Crippen LogP contribution in [0.2, 0.25) is 0 Å². The smallest absolute Gasteiger partial charge is 0.254 e. The topological polar surface area (TPSA) is 77.5 Å². The number of benzene rings is 2. The van der Waals surface area contributed by atoms with E-state index in [1.54, 1.807) is 39.3 Å². The standard InChI is InChI=1S/C26H26N2O6S/c1-17(2)28(26(30)19-6-8-22-24(11-19)34-16-32-22)14-25(29)27(13-20-4-3-9-35-20)12-18-5-7-21-23(10-18)33-15-31-21/h3-11,17H,12-16H2,1-2H3. The van der Waals surface area contributed by atoms with Crippen LogP contribution in [0.15, 0.2) is 53.9 Å². The highest BCUT2D eigenvalue weighted by Gasteiger charge is 2.27. The van der Waals surface area contributed by atoms with Crippen molar-refractivity contribution in [2.24, 2.45) is 0 Å². The van der Waals surface area contributed by atoms with Crippen LogP contribution in [0.5, 0.6) is 23.0 Å². The Kier molecular flexibility index (Phi) is 6.50. The van der Waals surface area contributed by atoms with Gasteiger partial charge in [0, 0.05) is 23.0 Å². The zero-order valence-electron chi connectivity index (χ0n) is 19.6. The maximum Gasteiger partial charge on any atom is 0.254 e. The molecule has 5 rings (SSSR count). The molecule has 2 aliphatic rings. The average Bonchev–Trinajstić information content (AvgIpc) is 3.62. The minimum atomic E-state index is -0.231. The Bertz CT molecular complexity index is 1230. The van der Waals surface area contributed by atoms with E-state index in [0.29, 0.717) is 41.7 Å².